The first-order chi connectivity index (χ1) is 13.5. The zero-order valence-corrected chi connectivity index (χ0v) is 15.5. The summed E-state index contributed by atoms with van der Waals surface area (Å²) in [6.45, 7) is 3.85. The molecule has 0 aliphatic carbocycles. The molecule has 3 aromatic rings. The molecule has 0 saturated carbocycles. The molecule has 6 nitrogen and oxygen atoms in total. The Morgan fingerprint density at radius 2 is 1.68 bits per heavy atom. The summed E-state index contributed by atoms with van der Waals surface area (Å²) >= 11 is 0. The summed E-state index contributed by atoms with van der Waals surface area (Å²) in [6.07, 6.45) is 1.42. The van der Waals surface area contributed by atoms with E-state index in [2.05, 4.69) is 15.6 Å². The lowest BCUT2D eigenvalue weighted by molar-refractivity contribution is 0.102. The van der Waals surface area contributed by atoms with Gasteiger partial charge in [0.05, 0.1) is 11.6 Å². The number of aryl methyl sites for hydroxylation is 2. The minimum atomic E-state index is -0.387. The SMILES string of the molecule is Cc1ccc(C)c(NC(=O)c2cc(C(=O)Nc3ccc(C#N)cc3)ccn2)c1. The largest absolute Gasteiger partial charge is 0.322 e. The van der Waals surface area contributed by atoms with E-state index < -0.39 is 0 Å². The molecule has 3 rings (SSSR count). The monoisotopic (exact) mass is 370 g/mol. The highest BCUT2D eigenvalue weighted by molar-refractivity contribution is 6.08. The van der Waals surface area contributed by atoms with Gasteiger partial charge in [-0.25, -0.2) is 0 Å². The second-order valence-electron chi connectivity index (χ2n) is 6.35. The van der Waals surface area contributed by atoms with E-state index in [0.717, 1.165) is 11.1 Å². The highest BCUT2D eigenvalue weighted by Gasteiger charge is 2.13. The lowest BCUT2D eigenvalue weighted by atomic mass is 10.1. The van der Waals surface area contributed by atoms with Crippen LogP contribution in [0.2, 0.25) is 0 Å². The van der Waals surface area contributed by atoms with Gasteiger partial charge in [-0.05, 0) is 67.4 Å². The Hall–Kier alpha value is -3.98. The summed E-state index contributed by atoms with van der Waals surface area (Å²) in [5.74, 6) is -0.755. The van der Waals surface area contributed by atoms with Crippen LogP contribution in [0.15, 0.2) is 60.8 Å². The van der Waals surface area contributed by atoms with Crippen molar-refractivity contribution in [3.8, 4) is 6.07 Å². The first-order valence-electron chi connectivity index (χ1n) is 8.62. The van der Waals surface area contributed by atoms with Crippen LogP contribution in [0.5, 0.6) is 0 Å². The van der Waals surface area contributed by atoms with E-state index >= 15 is 0 Å². The van der Waals surface area contributed by atoms with Gasteiger partial charge < -0.3 is 10.6 Å². The van der Waals surface area contributed by atoms with Crippen LogP contribution in [-0.2, 0) is 0 Å². The van der Waals surface area contributed by atoms with Gasteiger partial charge in [-0.3, -0.25) is 14.6 Å². The van der Waals surface area contributed by atoms with Gasteiger partial charge in [0.25, 0.3) is 11.8 Å². The fourth-order valence-electron chi connectivity index (χ4n) is 2.58. The number of hydrogen-bond donors (Lipinski definition) is 2. The van der Waals surface area contributed by atoms with Gasteiger partial charge in [0.15, 0.2) is 0 Å². The molecular weight excluding hydrogens is 352 g/mol. The average Bonchev–Trinajstić information content (AvgIpc) is 2.71. The second kappa shape index (κ2) is 8.14. The maximum Gasteiger partial charge on any atom is 0.274 e. The van der Waals surface area contributed by atoms with Crippen molar-refractivity contribution in [1.82, 2.24) is 4.98 Å². The lowest BCUT2D eigenvalue weighted by Crippen LogP contribution is -2.17. The van der Waals surface area contributed by atoms with Crippen molar-refractivity contribution in [2.24, 2.45) is 0 Å². The van der Waals surface area contributed by atoms with Crippen LogP contribution in [0.3, 0.4) is 0 Å². The average molecular weight is 370 g/mol. The maximum atomic E-state index is 12.5. The summed E-state index contributed by atoms with van der Waals surface area (Å²) in [5.41, 5.74) is 4.20. The van der Waals surface area contributed by atoms with Gasteiger partial charge in [0, 0.05) is 23.1 Å². The fourth-order valence-corrected chi connectivity index (χ4v) is 2.58. The molecule has 28 heavy (non-hydrogen) atoms. The van der Waals surface area contributed by atoms with Crippen molar-refractivity contribution >= 4 is 23.2 Å². The van der Waals surface area contributed by atoms with E-state index in [-0.39, 0.29) is 17.5 Å². The van der Waals surface area contributed by atoms with E-state index in [9.17, 15) is 9.59 Å². The van der Waals surface area contributed by atoms with Crippen molar-refractivity contribution in [3.05, 3.63) is 88.7 Å². The Morgan fingerprint density at radius 1 is 0.929 bits per heavy atom. The van der Waals surface area contributed by atoms with Gasteiger partial charge in [-0.1, -0.05) is 12.1 Å². The summed E-state index contributed by atoms with van der Waals surface area (Å²) in [4.78, 5) is 29.1. The van der Waals surface area contributed by atoms with Crippen molar-refractivity contribution in [2.75, 3.05) is 10.6 Å². The second-order valence-corrected chi connectivity index (χ2v) is 6.35. The van der Waals surface area contributed by atoms with E-state index in [1.165, 1.54) is 18.3 Å². The highest BCUT2D eigenvalue weighted by Crippen LogP contribution is 2.17. The molecule has 2 N–H and O–H groups in total. The van der Waals surface area contributed by atoms with Crippen LogP contribution >= 0.6 is 0 Å². The molecular formula is C22H18N4O2. The number of anilines is 2. The maximum absolute atomic E-state index is 12.5. The zero-order chi connectivity index (χ0) is 20.1. The molecule has 2 aromatic carbocycles. The predicted octanol–water partition coefficient (Wildman–Crippen LogP) is 4.07. The van der Waals surface area contributed by atoms with Crippen LogP contribution in [-0.4, -0.2) is 16.8 Å². The Kier molecular flexibility index (Phi) is 5.47. The third kappa shape index (κ3) is 4.40. The summed E-state index contributed by atoms with van der Waals surface area (Å²) < 4.78 is 0. The van der Waals surface area contributed by atoms with Crippen LogP contribution < -0.4 is 10.6 Å². The number of hydrogen-bond acceptors (Lipinski definition) is 4. The number of pyridine rings is 1. The molecule has 138 valence electrons. The van der Waals surface area contributed by atoms with Gasteiger partial charge in [0.2, 0.25) is 0 Å². The van der Waals surface area contributed by atoms with E-state index in [1.54, 1.807) is 24.3 Å². The fraction of sp³-hybridized carbons (Fsp3) is 0.0909. The Balaban J connectivity index is 1.75. The molecule has 0 aliphatic rings. The van der Waals surface area contributed by atoms with Gasteiger partial charge >= 0.3 is 0 Å². The Labute approximate surface area is 162 Å². The first kappa shape index (κ1) is 18.8. The van der Waals surface area contributed by atoms with Crippen molar-refractivity contribution in [2.45, 2.75) is 13.8 Å². The number of amides is 2. The molecule has 1 aromatic heterocycles. The van der Waals surface area contributed by atoms with Crippen LogP contribution in [0.1, 0.15) is 37.5 Å². The molecule has 0 saturated heterocycles. The molecule has 2 amide bonds. The van der Waals surface area contributed by atoms with Crippen LogP contribution in [0, 0.1) is 25.2 Å². The van der Waals surface area contributed by atoms with Crippen molar-refractivity contribution < 1.29 is 9.59 Å². The number of rotatable bonds is 4. The normalized spacial score (nSPS) is 10.0. The number of benzene rings is 2. The van der Waals surface area contributed by atoms with Crippen LogP contribution in [0.4, 0.5) is 11.4 Å². The Morgan fingerprint density at radius 3 is 2.39 bits per heavy atom. The van der Waals surface area contributed by atoms with E-state index in [4.69, 9.17) is 5.26 Å². The third-order valence-corrected chi connectivity index (χ3v) is 4.17. The number of carbonyl (C=O) groups excluding carboxylic acids is 2. The minimum absolute atomic E-state index is 0.147. The molecule has 0 fully saturated rings. The predicted molar refractivity (Wildman–Crippen MR) is 107 cm³/mol. The Bertz CT molecular complexity index is 1080. The molecule has 0 unspecified atom stereocenters. The van der Waals surface area contributed by atoms with Gasteiger partial charge in [-0.2, -0.15) is 5.26 Å². The number of carbonyl (C=O) groups is 2. The number of nitriles is 1. The number of aromatic nitrogens is 1. The summed E-state index contributed by atoms with van der Waals surface area (Å²) in [5, 5.41) is 14.4. The van der Waals surface area contributed by atoms with E-state index in [0.29, 0.717) is 22.5 Å². The summed E-state index contributed by atoms with van der Waals surface area (Å²) in [6, 6.07) is 17.3. The standard InChI is InChI=1S/C22H18N4O2/c1-14-3-4-15(2)19(11-14)26-22(28)20-12-17(9-10-24-20)21(27)25-18-7-5-16(13-23)6-8-18/h3-12H,1-2H3,(H,25,27)(H,26,28). The quantitative estimate of drug-likeness (QED) is 0.723. The highest BCUT2D eigenvalue weighted by atomic mass is 16.2. The zero-order valence-electron chi connectivity index (χ0n) is 15.5. The minimum Gasteiger partial charge on any atom is -0.322 e. The summed E-state index contributed by atoms with van der Waals surface area (Å²) in [7, 11) is 0. The topological polar surface area (TPSA) is 94.9 Å². The van der Waals surface area contributed by atoms with E-state index in [1.807, 2.05) is 38.1 Å². The molecule has 0 radical (unpaired) electrons. The molecule has 0 aliphatic heterocycles. The number of nitrogens with one attached hydrogen (secondary N) is 2. The molecule has 1 heterocycles. The third-order valence-electron chi connectivity index (χ3n) is 4.17. The molecule has 0 atom stereocenters. The first-order valence-corrected chi connectivity index (χ1v) is 8.62. The molecule has 0 bridgehead atoms. The number of nitrogens with zero attached hydrogens (tertiary/aromatic N) is 2. The van der Waals surface area contributed by atoms with Gasteiger partial charge in [0.1, 0.15) is 5.69 Å². The van der Waals surface area contributed by atoms with Gasteiger partial charge in [-0.15, -0.1) is 0 Å². The van der Waals surface area contributed by atoms with Crippen LogP contribution in [0.25, 0.3) is 0 Å². The molecule has 0 spiro atoms. The van der Waals surface area contributed by atoms with Crippen molar-refractivity contribution in [3.63, 3.8) is 0 Å². The smallest absolute Gasteiger partial charge is 0.274 e. The molecule has 6 heteroatoms. The van der Waals surface area contributed by atoms with Crippen molar-refractivity contribution in [1.29, 1.82) is 5.26 Å². The lowest BCUT2D eigenvalue weighted by Gasteiger charge is -2.10.